The Hall–Kier alpha value is -1.13. The van der Waals surface area contributed by atoms with E-state index in [-0.39, 0.29) is 24.0 Å². The van der Waals surface area contributed by atoms with Crippen LogP contribution in [-0.2, 0) is 0 Å². The summed E-state index contributed by atoms with van der Waals surface area (Å²) in [4.78, 5) is 0. The Morgan fingerprint density at radius 2 is 1.21 bits per heavy atom. The molecule has 0 aliphatic carbocycles. The minimum absolute atomic E-state index is 0. The van der Waals surface area contributed by atoms with Crippen LogP contribution < -0.4 is 24.0 Å². The van der Waals surface area contributed by atoms with Crippen LogP contribution in [0.15, 0.2) is 66.7 Å². The maximum atomic E-state index is 2.44. The molecule has 24 heavy (non-hydrogen) atoms. The van der Waals surface area contributed by atoms with Gasteiger partial charge >= 0.3 is 0 Å². The van der Waals surface area contributed by atoms with E-state index in [0.717, 1.165) is 11.0 Å². The third-order valence-electron chi connectivity index (χ3n) is 4.43. The highest BCUT2D eigenvalue weighted by atomic mass is 127. The topological polar surface area (TPSA) is 0 Å². The Morgan fingerprint density at radius 1 is 0.792 bits per heavy atom. The summed E-state index contributed by atoms with van der Waals surface area (Å²) >= 11 is 0. The van der Waals surface area contributed by atoms with Crippen LogP contribution in [0.2, 0.25) is 0 Å². The first-order chi connectivity index (χ1) is 11.2. The van der Waals surface area contributed by atoms with Crippen molar-refractivity contribution in [2.45, 2.75) is 26.7 Å². The van der Waals surface area contributed by atoms with E-state index >= 15 is 0 Å². The van der Waals surface area contributed by atoms with Gasteiger partial charge in [-0.1, -0.05) is 74.5 Å². The Morgan fingerprint density at radius 3 is 1.58 bits per heavy atom. The average Bonchev–Trinajstić information content (AvgIpc) is 2.57. The zero-order chi connectivity index (χ0) is 16.5. The van der Waals surface area contributed by atoms with Gasteiger partial charge in [-0.25, -0.2) is 0 Å². The van der Waals surface area contributed by atoms with Gasteiger partial charge in [0.25, 0.3) is 0 Å². The van der Waals surface area contributed by atoms with Gasteiger partial charge in [0.1, 0.15) is 0 Å². The van der Waals surface area contributed by atoms with Crippen molar-refractivity contribution in [3.63, 3.8) is 0 Å². The lowest BCUT2D eigenvalue weighted by molar-refractivity contribution is -0.904. The van der Waals surface area contributed by atoms with Crippen LogP contribution in [0.25, 0.3) is 5.57 Å². The number of rotatable bonds is 8. The van der Waals surface area contributed by atoms with E-state index in [1.165, 1.54) is 42.6 Å². The van der Waals surface area contributed by atoms with Gasteiger partial charge in [-0.15, -0.1) is 0 Å². The molecule has 2 aromatic carbocycles. The van der Waals surface area contributed by atoms with E-state index < -0.39 is 0 Å². The van der Waals surface area contributed by atoms with Crippen LogP contribution in [0.3, 0.4) is 0 Å². The molecule has 0 saturated carbocycles. The molecule has 0 N–H and O–H groups in total. The fraction of sp³-hybridized carbons (Fsp3) is 0.364. The van der Waals surface area contributed by atoms with E-state index in [1.807, 2.05) is 0 Å². The molecule has 0 bridgehead atoms. The second-order valence-electron chi connectivity index (χ2n) is 6.60. The van der Waals surface area contributed by atoms with Gasteiger partial charge in [0.05, 0.1) is 26.7 Å². The zero-order valence-corrected chi connectivity index (χ0v) is 17.4. The SMILES string of the molecule is CCC[N+](C)(CC=C(c1ccccc1)c1ccccc1)CCC.[I-]. The lowest BCUT2D eigenvalue weighted by Crippen LogP contribution is -3.00. The zero-order valence-electron chi connectivity index (χ0n) is 15.2. The predicted octanol–water partition coefficient (Wildman–Crippen LogP) is 2.39. The standard InChI is InChI=1S/C22H30N.HI/c1-4-17-23(3,18-5-2)19-16-22(20-12-8-6-9-13-20)21-14-10-7-11-15-21;/h6-16H,4-5,17-19H2,1-3H3;1H/q+1;/p-1. The number of benzene rings is 2. The number of likely N-dealkylation sites (N-methyl/N-ethyl adjacent to an activating group) is 1. The highest BCUT2D eigenvalue weighted by Crippen LogP contribution is 2.24. The van der Waals surface area contributed by atoms with Gasteiger partial charge in [0.2, 0.25) is 0 Å². The van der Waals surface area contributed by atoms with Crippen LogP contribution in [0.5, 0.6) is 0 Å². The first kappa shape index (κ1) is 20.9. The van der Waals surface area contributed by atoms with Gasteiger partial charge < -0.3 is 28.5 Å². The Balaban J connectivity index is 0.00000288. The molecule has 130 valence electrons. The minimum atomic E-state index is 0. The van der Waals surface area contributed by atoms with Crippen molar-refractivity contribution in [1.29, 1.82) is 0 Å². The summed E-state index contributed by atoms with van der Waals surface area (Å²) in [6.45, 7) is 8.12. The molecule has 0 aromatic heterocycles. The molecule has 0 aliphatic heterocycles. The summed E-state index contributed by atoms with van der Waals surface area (Å²) in [6.07, 6.45) is 4.91. The molecule has 0 atom stereocenters. The van der Waals surface area contributed by atoms with Gasteiger partial charge in [-0.05, 0) is 35.6 Å². The van der Waals surface area contributed by atoms with Crippen molar-refractivity contribution in [3.8, 4) is 0 Å². The maximum Gasteiger partial charge on any atom is 0.0980 e. The number of hydrogen-bond acceptors (Lipinski definition) is 0. The van der Waals surface area contributed by atoms with Gasteiger partial charge in [-0.2, -0.15) is 0 Å². The molecule has 0 saturated heterocycles. The van der Waals surface area contributed by atoms with Crippen molar-refractivity contribution in [1.82, 2.24) is 0 Å². The Kier molecular flexibility index (Phi) is 9.30. The van der Waals surface area contributed by atoms with Crippen LogP contribution >= 0.6 is 0 Å². The second kappa shape index (κ2) is 10.7. The third-order valence-corrected chi connectivity index (χ3v) is 4.43. The summed E-state index contributed by atoms with van der Waals surface area (Å²) < 4.78 is 1.12. The van der Waals surface area contributed by atoms with E-state index in [0.29, 0.717) is 0 Å². The fourth-order valence-electron chi connectivity index (χ4n) is 3.32. The number of halogens is 1. The summed E-state index contributed by atoms with van der Waals surface area (Å²) in [5.41, 5.74) is 3.96. The highest BCUT2D eigenvalue weighted by molar-refractivity contribution is 5.79. The molecule has 0 radical (unpaired) electrons. The average molecular weight is 435 g/mol. The number of nitrogens with zero attached hydrogens (tertiary/aromatic N) is 1. The number of hydrogen-bond donors (Lipinski definition) is 0. The molecule has 2 heteroatoms. The molecule has 0 amide bonds. The largest absolute Gasteiger partial charge is 1.00 e. The molecule has 1 nitrogen and oxygen atoms in total. The molecule has 0 fully saturated rings. The van der Waals surface area contributed by atoms with E-state index in [4.69, 9.17) is 0 Å². The molecule has 0 aliphatic rings. The molecular formula is C22H30IN. The first-order valence-electron chi connectivity index (χ1n) is 8.83. The second-order valence-corrected chi connectivity index (χ2v) is 6.60. The third kappa shape index (κ3) is 6.06. The van der Waals surface area contributed by atoms with Crippen molar-refractivity contribution >= 4 is 5.57 Å². The summed E-state index contributed by atoms with van der Waals surface area (Å²) in [6, 6.07) is 21.5. The van der Waals surface area contributed by atoms with Crippen LogP contribution in [0, 0.1) is 0 Å². The van der Waals surface area contributed by atoms with Crippen molar-refractivity contribution in [2.24, 2.45) is 0 Å². The van der Waals surface area contributed by atoms with Gasteiger partial charge in [-0.3, -0.25) is 0 Å². The van der Waals surface area contributed by atoms with E-state index in [2.05, 4.69) is 87.6 Å². The van der Waals surface area contributed by atoms with Gasteiger partial charge in [0, 0.05) is 0 Å². The van der Waals surface area contributed by atoms with Crippen LogP contribution in [0.4, 0.5) is 0 Å². The highest BCUT2D eigenvalue weighted by Gasteiger charge is 2.18. The molecule has 2 rings (SSSR count). The van der Waals surface area contributed by atoms with E-state index in [9.17, 15) is 0 Å². The summed E-state index contributed by atoms with van der Waals surface area (Å²) in [5, 5.41) is 0. The molecular weight excluding hydrogens is 405 g/mol. The molecule has 2 aromatic rings. The summed E-state index contributed by atoms with van der Waals surface area (Å²) in [5.74, 6) is 0. The molecule has 0 spiro atoms. The Labute approximate surface area is 165 Å². The van der Waals surface area contributed by atoms with Crippen LogP contribution in [-0.4, -0.2) is 31.2 Å². The molecule has 0 heterocycles. The van der Waals surface area contributed by atoms with Crippen molar-refractivity contribution < 1.29 is 28.5 Å². The smallest absolute Gasteiger partial charge is 0.0980 e. The lowest BCUT2D eigenvalue weighted by Gasteiger charge is -2.33. The van der Waals surface area contributed by atoms with Crippen LogP contribution in [0.1, 0.15) is 37.8 Å². The lowest BCUT2D eigenvalue weighted by atomic mass is 9.97. The minimum Gasteiger partial charge on any atom is -1.00 e. The van der Waals surface area contributed by atoms with Crippen molar-refractivity contribution in [3.05, 3.63) is 77.9 Å². The van der Waals surface area contributed by atoms with Gasteiger partial charge in [0.15, 0.2) is 0 Å². The fourth-order valence-corrected chi connectivity index (χ4v) is 3.32. The Bertz CT molecular complexity index is 557. The predicted molar refractivity (Wildman–Crippen MR) is 101 cm³/mol. The maximum absolute atomic E-state index is 2.44. The normalized spacial score (nSPS) is 10.8. The summed E-state index contributed by atoms with van der Waals surface area (Å²) in [7, 11) is 2.39. The monoisotopic (exact) mass is 435 g/mol. The first-order valence-corrected chi connectivity index (χ1v) is 8.83. The number of quaternary nitrogens is 1. The quantitative estimate of drug-likeness (QED) is 0.441. The van der Waals surface area contributed by atoms with Crippen molar-refractivity contribution in [2.75, 3.05) is 26.7 Å². The van der Waals surface area contributed by atoms with E-state index in [1.54, 1.807) is 0 Å². The molecule has 0 unspecified atom stereocenters.